The number of halogens is 2. The molecule has 6 heteroatoms. The van der Waals surface area contributed by atoms with Crippen LogP contribution >= 0.6 is 23.2 Å². The van der Waals surface area contributed by atoms with E-state index in [4.69, 9.17) is 27.3 Å². The van der Waals surface area contributed by atoms with Crippen molar-refractivity contribution in [3.05, 3.63) is 32.9 Å². The topological polar surface area (TPSA) is 47.8 Å². The van der Waals surface area contributed by atoms with Gasteiger partial charge in [0.05, 0.1) is 5.52 Å². The summed E-state index contributed by atoms with van der Waals surface area (Å²) in [6, 6.07) is 2.74. The molecule has 0 aliphatic carbocycles. The number of aromatic nitrogens is 3. The fourth-order valence-electron chi connectivity index (χ4n) is 1.05. The van der Waals surface area contributed by atoms with Crippen molar-refractivity contribution in [3.63, 3.8) is 0 Å². The number of aryl methyl sites for hydroxylation is 1. The Balaban J connectivity index is 2.99. The molecule has 2 rings (SSSR count). The van der Waals surface area contributed by atoms with Gasteiger partial charge >= 0.3 is 5.69 Å². The van der Waals surface area contributed by atoms with Gasteiger partial charge in [-0.2, -0.15) is 4.98 Å². The average molecular weight is 233 g/mol. The van der Waals surface area contributed by atoms with Crippen LogP contribution in [0.2, 0.25) is 10.3 Å². The minimum atomic E-state index is -2.65. The molecule has 0 fully saturated rings. The molecule has 0 unspecified atom stereocenters. The molecule has 0 saturated carbocycles. The maximum Gasteiger partial charge on any atom is 0.349 e. The summed E-state index contributed by atoms with van der Waals surface area (Å²) in [5.41, 5.74) is -0.805. The molecule has 0 bridgehead atoms. The highest BCUT2D eigenvalue weighted by Gasteiger charge is 2.07. The van der Waals surface area contributed by atoms with Crippen molar-refractivity contribution >= 4 is 34.2 Å². The van der Waals surface area contributed by atoms with E-state index < -0.39 is 12.7 Å². The van der Waals surface area contributed by atoms with Crippen LogP contribution in [0.1, 0.15) is 4.11 Å². The van der Waals surface area contributed by atoms with E-state index in [0.29, 0.717) is 4.57 Å². The number of rotatable bonds is 0. The first-order valence-electron chi connectivity index (χ1n) is 5.06. The standard InChI is InChI=1S/C8H5Cl2N3O/c1-13-4-2-3-5(9)11-6(4)7(10)12-8(13)14/h2-3H,1H3/i1D3. The Morgan fingerprint density at radius 2 is 2.21 bits per heavy atom. The SMILES string of the molecule is [2H]C([2H])([2H])n1c(=O)nc(Cl)c2nc(Cl)ccc21. The number of pyridine rings is 1. The van der Waals surface area contributed by atoms with Crippen molar-refractivity contribution in [3.8, 4) is 0 Å². The van der Waals surface area contributed by atoms with Crippen LogP contribution in [0.4, 0.5) is 0 Å². The van der Waals surface area contributed by atoms with Crippen molar-refractivity contribution in [1.29, 1.82) is 0 Å². The van der Waals surface area contributed by atoms with E-state index in [1.165, 1.54) is 12.1 Å². The van der Waals surface area contributed by atoms with Crippen molar-refractivity contribution in [2.45, 2.75) is 0 Å². The first-order valence-corrected chi connectivity index (χ1v) is 4.31. The van der Waals surface area contributed by atoms with Gasteiger partial charge in [0.1, 0.15) is 10.7 Å². The Hall–Kier alpha value is -1.13. The van der Waals surface area contributed by atoms with E-state index >= 15 is 0 Å². The van der Waals surface area contributed by atoms with Gasteiger partial charge in [-0.25, -0.2) is 9.78 Å². The maximum atomic E-state index is 11.5. The average Bonchev–Trinajstić information content (AvgIpc) is 2.17. The van der Waals surface area contributed by atoms with Gasteiger partial charge in [-0.3, -0.25) is 4.57 Å². The van der Waals surface area contributed by atoms with Gasteiger partial charge < -0.3 is 0 Å². The summed E-state index contributed by atoms with van der Waals surface area (Å²) in [5.74, 6) is 0. The van der Waals surface area contributed by atoms with Crippen LogP contribution in [0.3, 0.4) is 0 Å². The van der Waals surface area contributed by atoms with E-state index in [2.05, 4.69) is 9.97 Å². The van der Waals surface area contributed by atoms with Crippen molar-refractivity contribution < 1.29 is 4.11 Å². The van der Waals surface area contributed by atoms with Gasteiger partial charge in [0, 0.05) is 11.1 Å². The summed E-state index contributed by atoms with van der Waals surface area (Å²) in [6.07, 6.45) is 0. The second-order valence-electron chi connectivity index (χ2n) is 2.52. The first-order chi connectivity index (χ1) is 7.80. The molecule has 2 aromatic heterocycles. The highest BCUT2D eigenvalue weighted by Crippen LogP contribution is 2.18. The highest BCUT2D eigenvalue weighted by atomic mass is 35.5. The number of nitrogens with zero attached hydrogens (tertiary/aromatic N) is 3. The lowest BCUT2D eigenvalue weighted by molar-refractivity contribution is 0.850. The molecule has 72 valence electrons. The molecule has 0 spiro atoms. The fourth-order valence-corrected chi connectivity index (χ4v) is 1.41. The summed E-state index contributed by atoms with van der Waals surface area (Å²) in [5, 5.41) is -0.0371. The van der Waals surface area contributed by atoms with Crippen molar-refractivity contribution in [1.82, 2.24) is 14.5 Å². The zero-order valence-electron chi connectivity index (χ0n) is 9.66. The molecule has 2 aromatic rings. The second-order valence-corrected chi connectivity index (χ2v) is 3.27. The van der Waals surface area contributed by atoms with Crippen molar-refractivity contribution in [2.75, 3.05) is 0 Å². The molecular weight excluding hydrogens is 225 g/mol. The third-order valence-electron chi connectivity index (χ3n) is 1.66. The van der Waals surface area contributed by atoms with Crippen LogP contribution < -0.4 is 5.69 Å². The number of hydrogen-bond acceptors (Lipinski definition) is 3. The smallest absolute Gasteiger partial charge is 0.293 e. The van der Waals surface area contributed by atoms with Crippen LogP contribution in [-0.2, 0) is 6.98 Å². The van der Waals surface area contributed by atoms with Crippen LogP contribution in [0.25, 0.3) is 11.0 Å². The third-order valence-corrected chi connectivity index (χ3v) is 2.14. The summed E-state index contributed by atoms with van der Waals surface area (Å²) in [7, 11) is 0. The molecule has 0 atom stereocenters. The maximum absolute atomic E-state index is 11.5. The van der Waals surface area contributed by atoms with E-state index in [1.807, 2.05) is 0 Å². The molecule has 0 aromatic carbocycles. The normalized spacial score (nSPS) is 14.9. The molecule has 0 N–H and O–H groups in total. The lowest BCUT2D eigenvalue weighted by Gasteiger charge is -2.03. The van der Waals surface area contributed by atoms with Crippen LogP contribution in [-0.4, -0.2) is 14.5 Å². The molecule has 0 aliphatic heterocycles. The largest absolute Gasteiger partial charge is 0.349 e. The third kappa shape index (κ3) is 1.36. The van der Waals surface area contributed by atoms with Gasteiger partial charge in [0.2, 0.25) is 0 Å². The Morgan fingerprint density at radius 3 is 2.93 bits per heavy atom. The van der Waals surface area contributed by atoms with Crippen LogP contribution in [0, 0.1) is 0 Å². The van der Waals surface area contributed by atoms with Gasteiger partial charge in [-0.15, -0.1) is 0 Å². The molecule has 0 amide bonds. The number of fused-ring (bicyclic) bond motifs is 1. The summed E-state index contributed by atoms with van der Waals surface area (Å²) in [4.78, 5) is 18.8. The van der Waals surface area contributed by atoms with Gasteiger partial charge in [0.15, 0.2) is 5.15 Å². The zero-order valence-corrected chi connectivity index (χ0v) is 8.17. The quantitative estimate of drug-likeness (QED) is 0.513. The van der Waals surface area contributed by atoms with E-state index in [0.717, 1.165) is 0 Å². The predicted octanol–water partition coefficient (Wildman–Crippen LogP) is 1.64. The lowest BCUT2D eigenvalue weighted by Crippen LogP contribution is -2.20. The van der Waals surface area contributed by atoms with Crippen molar-refractivity contribution in [2.24, 2.45) is 6.98 Å². The molecule has 14 heavy (non-hydrogen) atoms. The Bertz CT molecular complexity index is 653. The highest BCUT2D eigenvalue weighted by molar-refractivity contribution is 6.34. The number of hydrogen-bond donors (Lipinski definition) is 0. The van der Waals surface area contributed by atoms with E-state index in [9.17, 15) is 4.79 Å². The Morgan fingerprint density at radius 1 is 1.43 bits per heavy atom. The monoisotopic (exact) mass is 232 g/mol. The predicted molar refractivity (Wildman–Crippen MR) is 54.8 cm³/mol. The molecule has 2 heterocycles. The fraction of sp³-hybridized carbons (Fsp3) is 0.125. The molecule has 0 aliphatic rings. The molecule has 0 saturated heterocycles. The Labute approximate surface area is 93.3 Å². The minimum Gasteiger partial charge on any atom is -0.293 e. The second kappa shape index (κ2) is 3.22. The zero-order chi connectivity index (χ0) is 12.8. The van der Waals surface area contributed by atoms with Crippen LogP contribution in [0.5, 0.6) is 0 Å². The summed E-state index contributed by atoms with van der Waals surface area (Å²) >= 11 is 11.4. The van der Waals surface area contributed by atoms with Gasteiger partial charge in [-0.1, -0.05) is 23.2 Å². The Kier molecular flexibility index (Phi) is 1.47. The summed E-state index contributed by atoms with van der Waals surface area (Å²) < 4.78 is 22.4. The first kappa shape index (κ1) is 6.37. The minimum absolute atomic E-state index is 0.0689. The molecule has 0 radical (unpaired) electrons. The van der Waals surface area contributed by atoms with E-state index in [-0.39, 0.29) is 21.3 Å². The van der Waals surface area contributed by atoms with Crippen LogP contribution in [0.15, 0.2) is 16.9 Å². The van der Waals surface area contributed by atoms with Gasteiger partial charge in [0.25, 0.3) is 0 Å². The molecule has 4 nitrogen and oxygen atoms in total. The van der Waals surface area contributed by atoms with Gasteiger partial charge in [-0.05, 0) is 12.1 Å². The van der Waals surface area contributed by atoms with E-state index in [1.54, 1.807) is 0 Å². The molecular formula is C8H5Cl2N3O. The summed E-state index contributed by atoms with van der Waals surface area (Å²) in [6.45, 7) is -2.65. The lowest BCUT2D eigenvalue weighted by atomic mass is 10.3.